The number of primary amides is 1. The van der Waals surface area contributed by atoms with Gasteiger partial charge in [-0.3, -0.25) is 14.4 Å². The zero-order valence-electron chi connectivity index (χ0n) is 18.2. The molecule has 0 fully saturated rings. The van der Waals surface area contributed by atoms with Gasteiger partial charge in [0.1, 0.15) is 18.1 Å². The van der Waals surface area contributed by atoms with E-state index in [4.69, 9.17) is 14.9 Å². The van der Waals surface area contributed by atoms with Gasteiger partial charge in [-0.1, -0.05) is 42.5 Å². The van der Waals surface area contributed by atoms with Crippen molar-refractivity contribution in [1.29, 1.82) is 0 Å². The number of carbonyl (C=O) groups excluding carboxylic acids is 3. The maximum absolute atomic E-state index is 12.7. The van der Waals surface area contributed by atoms with Gasteiger partial charge in [-0.15, -0.1) is 0 Å². The molecular weight excluding hydrogens is 434 g/mol. The first-order chi connectivity index (χ1) is 16.5. The Hall–Kier alpha value is -4.59. The van der Waals surface area contributed by atoms with Crippen LogP contribution in [0.15, 0.2) is 83.3 Å². The van der Waals surface area contributed by atoms with Crippen molar-refractivity contribution in [3.05, 3.63) is 95.9 Å². The molecule has 0 radical (unpaired) electrons. The van der Waals surface area contributed by atoms with Gasteiger partial charge in [0, 0.05) is 13.0 Å². The van der Waals surface area contributed by atoms with Crippen molar-refractivity contribution in [1.82, 2.24) is 5.32 Å². The van der Waals surface area contributed by atoms with Crippen LogP contribution in [-0.4, -0.2) is 24.3 Å². The van der Waals surface area contributed by atoms with E-state index in [-0.39, 0.29) is 30.9 Å². The van der Waals surface area contributed by atoms with Gasteiger partial charge in [0.2, 0.25) is 5.91 Å². The van der Waals surface area contributed by atoms with E-state index in [2.05, 4.69) is 10.6 Å². The van der Waals surface area contributed by atoms with Crippen LogP contribution in [0.4, 0.5) is 5.69 Å². The van der Waals surface area contributed by atoms with Gasteiger partial charge in [0.15, 0.2) is 5.76 Å². The molecule has 0 aliphatic rings. The third-order valence-corrected chi connectivity index (χ3v) is 5.06. The number of furan rings is 1. The van der Waals surface area contributed by atoms with Crippen LogP contribution in [0, 0.1) is 0 Å². The molecule has 4 rings (SSSR count). The molecule has 8 heteroatoms. The largest absolute Gasteiger partial charge is 0.486 e. The van der Waals surface area contributed by atoms with E-state index < -0.39 is 17.7 Å². The van der Waals surface area contributed by atoms with E-state index in [0.29, 0.717) is 17.2 Å². The van der Waals surface area contributed by atoms with E-state index in [9.17, 15) is 14.4 Å². The van der Waals surface area contributed by atoms with Crippen molar-refractivity contribution in [2.24, 2.45) is 5.73 Å². The second kappa shape index (κ2) is 10.4. The van der Waals surface area contributed by atoms with Crippen molar-refractivity contribution in [2.75, 3.05) is 11.9 Å². The molecule has 4 aromatic rings. The summed E-state index contributed by atoms with van der Waals surface area (Å²) in [6, 6.07) is 23.5. The van der Waals surface area contributed by atoms with Gasteiger partial charge in [-0.05, 0) is 47.2 Å². The van der Waals surface area contributed by atoms with Crippen LogP contribution in [0.2, 0.25) is 0 Å². The van der Waals surface area contributed by atoms with Crippen LogP contribution < -0.4 is 21.1 Å². The average molecular weight is 457 g/mol. The second-order valence-corrected chi connectivity index (χ2v) is 7.54. The number of carbonyl (C=O) groups is 3. The maximum atomic E-state index is 12.7. The predicted molar refractivity (Wildman–Crippen MR) is 128 cm³/mol. The standard InChI is InChI=1S/C26H23N3O5/c27-24(30)13-14-28-25(31)21-7-3-4-8-22(21)29-26(32)23-12-11-20(34-23)16-33-19-10-9-17-5-1-2-6-18(17)15-19/h1-12,15H,13-14,16H2,(H2,27,30)(H,28,31)(H,29,32). The number of amides is 3. The highest BCUT2D eigenvalue weighted by atomic mass is 16.5. The number of nitrogens with one attached hydrogen (secondary N) is 2. The van der Waals surface area contributed by atoms with Crippen molar-refractivity contribution in [3.8, 4) is 5.75 Å². The summed E-state index contributed by atoms with van der Waals surface area (Å²) in [6.45, 7) is 0.264. The first kappa shape index (κ1) is 22.6. The molecule has 0 atom stereocenters. The fourth-order valence-corrected chi connectivity index (χ4v) is 3.36. The summed E-state index contributed by atoms with van der Waals surface area (Å²) in [5.74, 6) is -0.190. The minimum Gasteiger partial charge on any atom is -0.486 e. The molecule has 1 aromatic heterocycles. The molecule has 0 saturated heterocycles. The van der Waals surface area contributed by atoms with Gasteiger partial charge < -0.3 is 25.5 Å². The monoisotopic (exact) mass is 457 g/mol. The van der Waals surface area contributed by atoms with Crippen LogP contribution in [0.5, 0.6) is 5.75 Å². The van der Waals surface area contributed by atoms with E-state index in [1.165, 1.54) is 0 Å². The highest BCUT2D eigenvalue weighted by Gasteiger charge is 2.16. The second-order valence-electron chi connectivity index (χ2n) is 7.54. The summed E-state index contributed by atoms with van der Waals surface area (Å²) in [4.78, 5) is 36.0. The number of para-hydroxylation sites is 1. The Labute approximate surface area is 195 Å². The average Bonchev–Trinajstić information content (AvgIpc) is 3.32. The smallest absolute Gasteiger partial charge is 0.291 e. The Morgan fingerprint density at radius 1 is 0.853 bits per heavy atom. The number of anilines is 1. The molecule has 0 saturated carbocycles. The lowest BCUT2D eigenvalue weighted by atomic mass is 10.1. The number of nitrogens with two attached hydrogens (primary N) is 1. The van der Waals surface area contributed by atoms with Crippen LogP contribution in [-0.2, 0) is 11.4 Å². The molecule has 4 N–H and O–H groups in total. The Morgan fingerprint density at radius 3 is 2.44 bits per heavy atom. The Bertz CT molecular complexity index is 1350. The molecule has 34 heavy (non-hydrogen) atoms. The SMILES string of the molecule is NC(=O)CCNC(=O)c1ccccc1NC(=O)c1ccc(COc2ccc3ccccc3c2)o1. The molecule has 0 bridgehead atoms. The number of benzene rings is 3. The Morgan fingerprint density at radius 2 is 1.62 bits per heavy atom. The number of rotatable bonds is 9. The number of hydrogen-bond acceptors (Lipinski definition) is 5. The van der Waals surface area contributed by atoms with Crippen molar-refractivity contribution in [3.63, 3.8) is 0 Å². The summed E-state index contributed by atoms with van der Waals surface area (Å²) >= 11 is 0. The summed E-state index contributed by atoms with van der Waals surface area (Å²) in [6.07, 6.45) is 0.0245. The Kier molecular flexibility index (Phi) is 6.88. The van der Waals surface area contributed by atoms with Gasteiger partial charge in [0.25, 0.3) is 11.8 Å². The summed E-state index contributed by atoms with van der Waals surface area (Å²) < 4.78 is 11.4. The molecule has 0 spiro atoms. The first-order valence-electron chi connectivity index (χ1n) is 10.7. The van der Waals surface area contributed by atoms with Crippen molar-refractivity contribution in [2.45, 2.75) is 13.0 Å². The summed E-state index contributed by atoms with van der Waals surface area (Å²) in [5, 5.41) is 7.47. The van der Waals surface area contributed by atoms with E-state index in [1.54, 1.807) is 36.4 Å². The lowest BCUT2D eigenvalue weighted by Crippen LogP contribution is -2.28. The molecular formula is C26H23N3O5. The minimum absolute atomic E-state index is 0.0245. The summed E-state index contributed by atoms with van der Waals surface area (Å²) in [5.41, 5.74) is 5.66. The molecule has 3 aromatic carbocycles. The highest BCUT2D eigenvalue weighted by molar-refractivity contribution is 6.08. The molecule has 0 unspecified atom stereocenters. The molecule has 8 nitrogen and oxygen atoms in total. The van der Waals surface area contributed by atoms with Crippen LogP contribution in [0.25, 0.3) is 10.8 Å². The minimum atomic E-state index is -0.514. The van der Waals surface area contributed by atoms with E-state index >= 15 is 0 Å². The molecule has 0 aliphatic carbocycles. The van der Waals surface area contributed by atoms with E-state index in [0.717, 1.165) is 10.8 Å². The number of ether oxygens (including phenoxy) is 1. The van der Waals surface area contributed by atoms with Gasteiger partial charge in [-0.25, -0.2) is 0 Å². The fraction of sp³-hybridized carbons (Fsp3) is 0.115. The fourth-order valence-electron chi connectivity index (χ4n) is 3.36. The van der Waals surface area contributed by atoms with Crippen molar-refractivity contribution < 1.29 is 23.5 Å². The normalized spacial score (nSPS) is 10.6. The van der Waals surface area contributed by atoms with Gasteiger partial charge in [-0.2, -0.15) is 0 Å². The highest BCUT2D eigenvalue weighted by Crippen LogP contribution is 2.22. The van der Waals surface area contributed by atoms with E-state index in [1.807, 2.05) is 42.5 Å². The maximum Gasteiger partial charge on any atom is 0.291 e. The third kappa shape index (κ3) is 5.60. The zero-order valence-corrected chi connectivity index (χ0v) is 18.2. The molecule has 1 heterocycles. The molecule has 0 aliphatic heterocycles. The Balaban J connectivity index is 1.38. The van der Waals surface area contributed by atoms with Crippen LogP contribution >= 0.6 is 0 Å². The zero-order chi connectivity index (χ0) is 23.9. The van der Waals surface area contributed by atoms with Crippen LogP contribution in [0.1, 0.15) is 33.1 Å². The topological polar surface area (TPSA) is 124 Å². The summed E-state index contributed by atoms with van der Waals surface area (Å²) in [7, 11) is 0. The number of hydrogen-bond donors (Lipinski definition) is 3. The predicted octanol–water partition coefficient (Wildman–Crippen LogP) is 3.87. The lowest BCUT2D eigenvalue weighted by molar-refractivity contribution is -0.117. The third-order valence-electron chi connectivity index (χ3n) is 5.06. The van der Waals surface area contributed by atoms with Crippen molar-refractivity contribution >= 4 is 34.2 Å². The lowest BCUT2D eigenvalue weighted by Gasteiger charge is -2.10. The first-order valence-corrected chi connectivity index (χ1v) is 10.7. The van der Waals surface area contributed by atoms with Gasteiger partial charge >= 0.3 is 0 Å². The quantitative estimate of drug-likeness (QED) is 0.352. The molecule has 172 valence electrons. The van der Waals surface area contributed by atoms with Crippen LogP contribution in [0.3, 0.4) is 0 Å². The number of fused-ring (bicyclic) bond motifs is 1. The molecule has 3 amide bonds. The van der Waals surface area contributed by atoms with Gasteiger partial charge in [0.05, 0.1) is 11.3 Å².